The summed E-state index contributed by atoms with van der Waals surface area (Å²) in [5.74, 6) is 2.74. The molecule has 0 saturated heterocycles. The van der Waals surface area contributed by atoms with Crippen LogP contribution in [0.2, 0.25) is 0 Å². The fraction of sp³-hybridized carbons (Fsp3) is 0.345. The summed E-state index contributed by atoms with van der Waals surface area (Å²) in [6.07, 6.45) is 4.99. The number of benzene rings is 3. The molecule has 0 spiro atoms. The standard InChI is InChI=1S/C29H34O4S/c1-3-9-23-21-26(33-25-11-6-5-7-12-25)14-15-27(23)32-17-8-18-34-28-16-13-22(20-29(30)31)19-24(28)10-4-2/h5-7,11-16,19,21H,3-4,8-10,17-18,20H2,1-2H3,(H,30,31). The SMILES string of the molecule is CCCc1cc(Oc2ccccc2)ccc1OCCCSc1ccc(CC(=O)O)cc1CCC. The molecule has 0 radical (unpaired) electrons. The smallest absolute Gasteiger partial charge is 0.307 e. The van der Waals surface area contributed by atoms with Crippen molar-refractivity contribution in [1.82, 2.24) is 0 Å². The Balaban J connectivity index is 1.53. The van der Waals surface area contributed by atoms with Gasteiger partial charge in [-0.05, 0) is 72.4 Å². The van der Waals surface area contributed by atoms with Crippen LogP contribution >= 0.6 is 11.8 Å². The molecule has 5 heteroatoms. The molecule has 0 bridgehead atoms. The van der Waals surface area contributed by atoms with Crippen LogP contribution in [0.4, 0.5) is 0 Å². The molecule has 0 amide bonds. The van der Waals surface area contributed by atoms with Crippen LogP contribution in [0.15, 0.2) is 71.6 Å². The van der Waals surface area contributed by atoms with E-state index in [-0.39, 0.29) is 6.42 Å². The minimum Gasteiger partial charge on any atom is -0.493 e. The Morgan fingerprint density at radius 2 is 1.65 bits per heavy atom. The molecule has 0 aliphatic heterocycles. The average molecular weight is 479 g/mol. The molecule has 180 valence electrons. The van der Waals surface area contributed by atoms with Gasteiger partial charge in [0.15, 0.2) is 0 Å². The van der Waals surface area contributed by atoms with Gasteiger partial charge in [0.25, 0.3) is 0 Å². The quantitative estimate of drug-likeness (QED) is 0.191. The number of aryl methyl sites for hydroxylation is 2. The second-order valence-electron chi connectivity index (χ2n) is 8.25. The molecule has 0 saturated carbocycles. The maximum absolute atomic E-state index is 11.0. The van der Waals surface area contributed by atoms with Crippen molar-refractivity contribution in [2.75, 3.05) is 12.4 Å². The Labute approximate surface area is 207 Å². The summed E-state index contributed by atoms with van der Waals surface area (Å²) >= 11 is 1.82. The summed E-state index contributed by atoms with van der Waals surface area (Å²) in [6, 6.07) is 21.9. The Morgan fingerprint density at radius 3 is 2.38 bits per heavy atom. The van der Waals surface area contributed by atoms with Crippen LogP contribution in [0.5, 0.6) is 17.2 Å². The molecule has 3 aromatic carbocycles. The second-order valence-corrected chi connectivity index (χ2v) is 9.38. The molecule has 0 aliphatic carbocycles. The average Bonchev–Trinajstić information content (AvgIpc) is 2.82. The van der Waals surface area contributed by atoms with E-state index >= 15 is 0 Å². The van der Waals surface area contributed by atoms with Crippen LogP contribution in [-0.2, 0) is 24.1 Å². The van der Waals surface area contributed by atoms with E-state index in [0.29, 0.717) is 6.61 Å². The van der Waals surface area contributed by atoms with Crippen LogP contribution in [0.3, 0.4) is 0 Å². The van der Waals surface area contributed by atoms with Crippen LogP contribution in [0.25, 0.3) is 0 Å². The molecule has 1 N–H and O–H groups in total. The molecule has 0 heterocycles. The van der Waals surface area contributed by atoms with E-state index in [4.69, 9.17) is 14.6 Å². The molecule has 0 unspecified atom stereocenters. The van der Waals surface area contributed by atoms with Gasteiger partial charge in [-0.15, -0.1) is 11.8 Å². The molecule has 3 rings (SSSR count). The van der Waals surface area contributed by atoms with Gasteiger partial charge in [-0.1, -0.05) is 57.0 Å². The Kier molecular flexibility index (Phi) is 10.4. The molecular weight excluding hydrogens is 444 g/mol. The Hall–Kier alpha value is -2.92. The van der Waals surface area contributed by atoms with Crippen molar-refractivity contribution in [1.29, 1.82) is 0 Å². The van der Waals surface area contributed by atoms with Gasteiger partial charge in [-0.25, -0.2) is 0 Å². The predicted octanol–water partition coefficient (Wildman–Crippen LogP) is 7.57. The number of carbonyl (C=O) groups is 1. The van der Waals surface area contributed by atoms with Gasteiger partial charge in [0.2, 0.25) is 0 Å². The highest BCUT2D eigenvalue weighted by Gasteiger charge is 2.09. The molecule has 0 aromatic heterocycles. The molecule has 0 aliphatic rings. The number of hydrogen-bond donors (Lipinski definition) is 1. The number of ether oxygens (including phenoxy) is 2. The summed E-state index contributed by atoms with van der Waals surface area (Å²) in [7, 11) is 0. The number of carboxylic acids is 1. The largest absolute Gasteiger partial charge is 0.493 e. The lowest BCUT2D eigenvalue weighted by Crippen LogP contribution is -2.03. The normalized spacial score (nSPS) is 10.8. The first-order valence-electron chi connectivity index (χ1n) is 12.0. The van der Waals surface area contributed by atoms with Crippen molar-refractivity contribution in [3.05, 3.63) is 83.4 Å². The van der Waals surface area contributed by atoms with Crippen LogP contribution < -0.4 is 9.47 Å². The van der Waals surface area contributed by atoms with E-state index in [2.05, 4.69) is 26.0 Å². The third-order valence-corrected chi connectivity index (χ3v) is 6.54. The van der Waals surface area contributed by atoms with E-state index in [1.807, 2.05) is 66.4 Å². The third-order valence-electron chi connectivity index (χ3n) is 5.33. The molecule has 0 fully saturated rings. The van der Waals surface area contributed by atoms with E-state index in [9.17, 15) is 4.79 Å². The zero-order valence-corrected chi connectivity index (χ0v) is 20.9. The fourth-order valence-electron chi connectivity index (χ4n) is 3.80. The first kappa shape index (κ1) is 25.7. The maximum Gasteiger partial charge on any atom is 0.307 e. The van der Waals surface area contributed by atoms with Crippen molar-refractivity contribution in [2.24, 2.45) is 0 Å². The second kappa shape index (κ2) is 13.7. The highest BCUT2D eigenvalue weighted by molar-refractivity contribution is 7.99. The van der Waals surface area contributed by atoms with Crippen molar-refractivity contribution >= 4 is 17.7 Å². The number of carboxylic acid groups (broad SMARTS) is 1. The summed E-state index contributed by atoms with van der Waals surface area (Å²) in [5.41, 5.74) is 3.28. The van der Waals surface area contributed by atoms with Crippen LogP contribution in [0.1, 0.15) is 49.8 Å². The maximum atomic E-state index is 11.0. The number of rotatable bonds is 14. The molecule has 0 atom stereocenters. The molecular formula is C29H34O4S. The van der Waals surface area contributed by atoms with Crippen molar-refractivity contribution < 1.29 is 19.4 Å². The number of para-hydroxylation sites is 1. The van der Waals surface area contributed by atoms with Crippen molar-refractivity contribution in [2.45, 2.75) is 57.3 Å². The first-order chi connectivity index (χ1) is 16.6. The zero-order valence-electron chi connectivity index (χ0n) is 20.1. The monoisotopic (exact) mass is 478 g/mol. The van der Waals surface area contributed by atoms with E-state index < -0.39 is 5.97 Å². The molecule has 3 aromatic rings. The highest BCUT2D eigenvalue weighted by Crippen LogP contribution is 2.30. The van der Waals surface area contributed by atoms with Gasteiger partial charge >= 0.3 is 5.97 Å². The number of thioether (sulfide) groups is 1. The van der Waals surface area contributed by atoms with Crippen LogP contribution in [0, 0.1) is 0 Å². The van der Waals surface area contributed by atoms with Gasteiger partial charge in [0, 0.05) is 10.6 Å². The minimum atomic E-state index is -0.790. The van der Waals surface area contributed by atoms with Crippen molar-refractivity contribution in [3.8, 4) is 17.2 Å². The van der Waals surface area contributed by atoms with Gasteiger partial charge < -0.3 is 14.6 Å². The Bertz CT molecular complexity index is 1050. The summed E-state index contributed by atoms with van der Waals surface area (Å²) in [4.78, 5) is 12.3. The third kappa shape index (κ3) is 8.14. The van der Waals surface area contributed by atoms with E-state index in [0.717, 1.165) is 60.7 Å². The van der Waals surface area contributed by atoms with E-state index in [1.165, 1.54) is 16.0 Å². The van der Waals surface area contributed by atoms with Gasteiger partial charge in [0.1, 0.15) is 17.2 Å². The van der Waals surface area contributed by atoms with Gasteiger partial charge in [-0.3, -0.25) is 4.79 Å². The lowest BCUT2D eigenvalue weighted by Gasteiger charge is -2.14. The molecule has 34 heavy (non-hydrogen) atoms. The number of aliphatic carboxylic acids is 1. The summed E-state index contributed by atoms with van der Waals surface area (Å²) < 4.78 is 12.1. The molecule has 4 nitrogen and oxygen atoms in total. The van der Waals surface area contributed by atoms with Crippen molar-refractivity contribution in [3.63, 3.8) is 0 Å². The lowest BCUT2D eigenvalue weighted by atomic mass is 10.0. The zero-order chi connectivity index (χ0) is 24.2. The van der Waals surface area contributed by atoms with Crippen LogP contribution in [-0.4, -0.2) is 23.4 Å². The van der Waals surface area contributed by atoms with Gasteiger partial charge in [-0.2, -0.15) is 0 Å². The summed E-state index contributed by atoms with van der Waals surface area (Å²) in [5, 5.41) is 9.06. The highest BCUT2D eigenvalue weighted by atomic mass is 32.2. The summed E-state index contributed by atoms with van der Waals surface area (Å²) in [6.45, 7) is 4.97. The van der Waals surface area contributed by atoms with E-state index in [1.54, 1.807) is 0 Å². The van der Waals surface area contributed by atoms with Gasteiger partial charge in [0.05, 0.1) is 13.0 Å². The number of hydrogen-bond acceptors (Lipinski definition) is 4. The minimum absolute atomic E-state index is 0.0742. The Morgan fingerprint density at radius 1 is 0.882 bits per heavy atom. The lowest BCUT2D eigenvalue weighted by molar-refractivity contribution is -0.136. The first-order valence-corrected chi connectivity index (χ1v) is 13.0. The fourth-order valence-corrected chi connectivity index (χ4v) is 4.79. The topological polar surface area (TPSA) is 55.8 Å². The predicted molar refractivity (Wildman–Crippen MR) is 140 cm³/mol.